The lowest BCUT2D eigenvalue weighted by Crippen LogP contribution is -2.12. The summed E-state index contributed by atoms with van der Waals surface area (Å²) in [6.45, 7) is 9.09. The molecule has 0 rings (SSSR count). The van der Waals surface area contributed by atoms with Crippen LogP contribution in [0.5, 0.6) is 0 Å². The number of hydrogen-bond donors (Lipinski definition) is 0. The maximum atomic E-state index is 5.45. The molecule has 2 heteroatoms. The van der Waals surface area contributed by atoms with Gasteiger partial charge in [0.25, 0.3) is 0 Å². The van der Waals surface area contributed by atoms with Crippen LogP contribution in [0.4, 0.5) is 0 Å². The summed E-state index contributed by atoms with van der Waals surface area (Å²) in [5.41, 5.74) is 0. The van der Waals surface area contributed by atoms with E-state index < -0.39 is 0 Å². The molecule has 0 aliphatic heterocycles. The van der Waals surface area contributed by atoms with Crippen molar-refractivity contribution >= 4 is 0 Å². The summed E-state index contributed by atoms with van der Waals surface area (Å²) in [6.07, 6.45) is 3.64. The zero-order chi connectivity index (χ0) is 10.3. The van der Waals surface area contributed by atoms with E-state index in [1.807, 2.05) is 13.8 Å². The fourth-order valence-corrected chi connectivity index (χ4v) is 1.14. The van der Waals surface area contributed by atoms with Crippen LogP contribution in [0.15, 0.2) is 12.3 Å². The van der Waals surface area contributed by atoms with Gasteiger partial charge in [0.05, 0.1) is 11.9 Å². The van der Waals surface area contributed by atoms with E-state index >= 15 is 0 Å². The number of nitrogens with zero attached hydrogens (tertiary/aromatic N) is 1. The number of allylic oxidation sites excluding steroid dienone is 1. The second-order valence-corrected chi connectivity index (χ2v) is 3.97. The first kappa shape index (κ1) is 12.5. The lowest BCUT2D eigenvalue weighted by atomic mass is 10.2. The molecule has 78 valence electrons. The van der Waals surface area contributed by atoms with Crippen molar-refractivity contribution in [2.24, 2.45) is 0 Å². The molecule has 0 amide bonds. The summed E-state index contributed by atoms with van der Waals surface area (Å²) in [5, 5.41) is 0. The van der Waals surface area contributed by atoms with Gasteiger partial charge in [-0.15, -0.1) is 0 Å². The van der Waals surface area contributed by atoms with Gasteiger partial charge in [-0.1, -0.05) is 6.58 Å². The molecule has 13 heavy (non-hydrogen) atoms. The zero-order valence-electron chi connectivity index (χ0n) is 9.47. The van der Waals surface area contributed by atoms with Crippen molar-refractivity contribution in [3.63, 3.8) is 0 Å². The average molecular weight is 185 g/mol. The molecular formula is C11H23NO. The van der Waals surface area contributed by atoms with E-state index in [2.05, 4.69) is 25.6 Å². The molecule has 0 N–H and O–H groups in total. The topological polar surface area (TPSA) is 12.5 Å². The molecule has 0 atom stereocenters. The quantitative estimate of drug-likeness (QED) is 0.446. The third-order valence-electron chi connectivity index (χ3n) is 1.71. The third kappa shape index (κ3) is 9.41. The first-order valence-electron chi connectivity index (χ1n) is 5.01. The van der Waals surface area contributed by atoms with Crippen LogP contribution in [-0.4, -0.2) is 31.6 Å². The number of unbranched alkanes of at least 4 members (excludes halogenated alkanes) is 1. The molecule has 0 aromatic heterocycles. The van der Waals surface area contributed by atoms with Crippen LogP contribution < -0.4 is 0 Å². The summed E-state index contributed by atoms with van der Waals surface area (Å²) >= 11 is 0. The van der Waals surface area contributed by atoms with Gasteiger partial charge in [-0.3, -0.25) is 0 Å². The molecule has 0 aliphatic rings. The Morgan fingerprint density at radius 3 is 2.38 bits per heavy atom. The van der Waals surface area contributed by atoms with Crippen molar-refractivity contribution in [3.8, 4) is 0 Å². The highest BCUT2D eigenvalue weighted by atomic mass is 16.5. The summed E-state index contributed by atoms with van der Waals surface area (Å²) in [6, 6.07) is 0. The Morgan fingerprint density at radius 1 is 1.31 bits per heavy atom. The summed E-state index contributed by atoms with van der Waals surface area (Å²) in [7, 11) is 4.19. The van der Waals surface area contributed by atoms with Gasteiger partial charge < -0.3 is 9.64 Å². The molecule has 0 saturated heterocycles. The normalized spacial score (nSPS) is 10.9. The predicted molar refractivity (Wildman–Crippen MR) is 57.8 cm³/mol. The van der Waals surface area contributed by atoms with E-state index in [0.29, 0.717) is 0 Å². The van der Waals surface area contributed by atoms with E-state index in [1.54, 1.807) is 0 Å². The van der Waals surface area contributed by atoms with Gasteiger partial charge in [-0.05, 0) is 47.3 Å². The SMILES string of the molecule is C=C(CCCCN(C)C)OC(C)C. The number of ether oxygens (including phenoxy) is 1. The molecule has 0 unspecified atom stereocenters. The van der Waals surface area contributed by atoms with Crippen LogP contribution in [-0.2, 0) is 4.74 Å². The Morgan fingerprint density at radius 2 is 1.92 bits per heavy atom. The Balaban J connectivity index is 3.27. The van der Waals surface area contributed by atoms with E-state index in [4.69, 9.17) is 4.74 Å². The van der Waals surface area contributed by atoms with Crippen LogP contribution in [0.1, 0.15) is 33.1 Å². The van der Waals surface area contributed by atoms with Gasteiger partial charge in [0.2, 0.25) is 0 Å². The van der Waals surface area contributed by atoms with Gasteiger partial charge in [-0.2, -0.15) is 0 Å². The standard InChI is InChI=1S/C11H23NO/c1-10(2)13-11(3)8-6-7-9-12(4)5/h10H,3,6-9H2,1-2,4-5H3. The first-order valence-corrected chi connectivity index (χ1v) is 5.01. The van der Waals surface area contributed by atoms with Crippen LogP contribution in [0.2, 0.25) is 0 Å². The highest BCUT2D eigenvalue weighted by Crippen LogP contribution is 2.09. The molecule has 0 aromatic carbocycles. The van der Waals surface area contributed by atoms with Gasteiger partial charge in [-0.25, -0.2) is 0 Å². The summed E-state index contributed by atoms with van der Waals surface area (Å²) in [5.74, 6) is 0.925. The van der Waals surface area contributed by atoms with Crippen LogP contribution in [0, 0.1) is 0 Å². The molecular weight excluding hydrogens is 162 g/mol. The minimum Gasteiger partial charge on any atom is -0.496 e. The molecule has 0 aliphatic carbocycles. The van der Waals surface area contributed by atoms with Crippen molar-refractivity contribution in [2.75, 3.05) is 20.6 Å². The second-order valence-electron chi connectivity index (χ2n) is 3.97. The van der Waals surface area contributed by atoms with Gasteiger partial charge >= 0.3 is 0 Å². The fraction of sp³-hybridized carbons (Fsp3) is 0.818. The van der Waals surface area contributed by atoms with E-state index in [9.17, 15) is 0 Å². The molecule has 0 bridgehead atoms. The van der Waals surface area contributed by atoms with Crippen LogP contribution >= 0.6 is 0 Å². The van der Waals surface area contributed by atoms with Crippen molar-refractivity contribution in [3.05, 3.63) is 12.3 Å². The van der Waals surface area contributed by atoms with Crippen LogP contribution in [0.25, 0.3) is 0 Å². The minimum atomic E-state index is 0.265. The Hall–Kier alpha value is -0.500. The summed E-state index contributed by atoms with van der Waals surface area (Å²) < 4.78 is 5.45. The van der Waals surface area contributed by atoms with Crippen molar-refractivity contribution in [2.45, 2.75) is 39.2 Å². The maximum absolute atomic E-state index is 5.45. The Bertz CT molecular complexity index is 141. The van der Waals surface area contributed by atoms with Crippen molar-refractivity contribution in [1.82, 2.24) is 4.90 Å². The fourth-order valence-electron chi connectivity index (χ4n) is 1.14. The first-order chi connectivity index (χ1) is 6.02. The van der Waals surface area contributed by atoms with Gasteiger partial charge in [0, 0.05) is 6.42 Å². The average Bonchev–Trinajstić information content (AvgIpc) is 1.96. The highest BCUT2D eigenvalue weighted by Gasteiger charge is 1.98. The third-order valence-corrected chi connectivity index (χ3v) is 1.71. The van der Waals surface area contributed by atoms with Crippen LogP contribution in [0.3, 0.4) is 0 Å². The highest BCUT2D eigenvalue weighted by molar-refractivity contribution is 4.82. The molecule has 0 saturated carbocycles. The zero-order valence-corrected chi connectivity index (χ0v) is 9.47. The van der Waals surface area contributed by atoms with E-state index in [1.165, 1.54) is 12.8 Å². The summed E-state index contributed by atoms with van der Waals surface area (Å²) in [4.78, 5) is 2.20. The number of rotatable bonds is 7. The molecule has 0 fully saturated rings. The maximum Gasteiger partial charge on any atom is 0.0926 e. The van der Waals surface area contributed by atoms with Crippen molar-refractivity contribution < 1.29 is 4.74 Å². The predicted octanol–water partition coefficient (Wildman–Crippen LogP) is 2.66. The Kier molecular flexibility index (Phi) is 6.69. The molecule has 2 nitrogen and oxygen atoms in total. The molecule has 0 spiro atoms. The molecule has 0 aromatic rings. The molecule has 0 heterocycles. The minimum absolute atomic E-state index is 0.265. The largest absolute Gasteiger partial charge is 0.496 e. The van der Waals surface area contributed by atoms with Gasteiger partial charge in [0.15, 0.2) is 0 Å². The number of hydrogen-bond acceptors (Lipinski definition) is 2. The molecule has 0 radical (unpaired) electrons. The Labute approximate surface area is 82.6 Å². The van der Waals surface area contributed by atoms with Crippen molar-refractivity contribution in [1.29, 1.82) is 0 Å². The lowest BCUT2D eigenvalue weighted by Gasteiger charge is -2.13. The van der Waals surface area contributed by atoms with E-state index in [0.717, 1.165) is 18.7 Å². The second kappa shape index (κ2) is 6.96. The van der Waals surface area contributed by atoms with Gasteiger partial charge in [0.1, 0.15) is 0 Å². The van der Waals surface area contributed by atoms with E-state index in [-0.39, 0.29) is 6.10 Å². The monoisotopic (exact) mass is 185 g/mol. The smallest absolute Gasteiger partial charge is 0.0926 e. The lowest BCUT2D eigenvalue weighted by molar-refractivity contribution is 0.139.